The summed E-state index contributed by atoms with van der Waals surface area (Å²) in [6.45, 7) is 11.8. The quantitative estimate of drug-likeness (QED) is 0.841. The lowest BCUT2D eigenvalue weighted by molar-refractivity contribution is 0.589. The molecule has 1 nitrogen and oxygen atoms in total. The lowest BCUT2D eigenvalue weighted by Gasteiger charge is -2.13. The van der Waals surface area contributed by atoms with E-state index in [0.29, 0.717) is 6.04 Å². The smallest absolute Gasteiger partial charge is 0.0207 e. The third-order valence-corrected chi connectivity index (χ3v) is 3.69. The molecule has 0 radical (unpaired) electrons. The molecule has 0 aromatic heterocycles. The van der Waals surface area contributed by atoms with Crippen LogP contribution < -0.4 is 5.32 Å². The second kappa shape index (κ2) is 6.23. The van der Waals surface area contributed by atoms with E-state index in [1.165, 1.54) is 33.4 Å². The Morgan fingerprint density at radius 1 is 0.850 bits per heavy atom. The lowest BCUT2D eigenvalue weighted by Crippen LogP contribution is -2.21. The highest BCUT2D eigenvalue weighted by atomic mass is 14.9. The minimum Gasteiger partial charge on any atom is -0.310 e. The average molecular weight is 267 g/mol. The summed E-state index contributed by atoms with van der Waals surface area (Å²) >= 11 is 0. The first kappa shape index (κ1) is 14.8. The third-order valence-electron chi connectivity index (χ3n) is 3.69. The maximum Gasteiger partial charge on any atom is 0.0207 e. The summed E-state index contributed by atoms with van der Waals surface area (Å²) in [4.78, 5) is 0. The number of hydrogen-bond acceptors (Lipinski definition) is 1. The molecule has 1 N–H and O–H groups in total. The van der Waals surface area contributed by atoms with Crippen LogP contribution in [-0.4, -0.2) is 6.04 Å². The van der Waals surface area contributed by atoms with Crippen molar-refractivity contribution in [3.05, 3.63) is 58.7 Å². The summed E-state index contributed by atoms with van der Waals surface area (Å²) in [7, 11) is 0. The molecule has 2 aromatic carbocycles. The predicted octanol–water partition coefficient (Wildman–Crippen LogP) is 4.78. The van der Waals surface area contributed by atoms with Gasteiger partial charge < -0.3 is 5.32 Å². The van der Waals surface area contributed by atoms with Crippen LogP contribution in [0.1, 0.15) is 36.1 Å². The van der Waals surface area contributed by atoms with Gasteiger partial charge in [-0.15, -0.1) is 0 Å². The molecule has 2 rings (SSSR count). The van der Waals surface area contributed by atoms with Crippen LogP contribution in [0.15, 0.2) is 36.4 Å². The fourth-order valence-corrected chi connectivity index (χ4v) is 2.49. The lowest BCUT2D eigenvalue weighted by atomic mass is 9.94. The highest BCUT2D eigenvalue weighted by Gasteiger charge is 2.06. The summed E-state index contributed by atoms with van der Waals surface area (Å²) in [6, 6.07) is 14.0. The zero-order chi connectivity index (χ0) is 14.7. The van der Waals surface area contributed by atoms with Crippen molar-refractivity contribution >= 4 is 0 Å². The summed E-state index contributed by atoms with van der Waals surface area (Å²) in [5.41, 5.74) is 8.06. The van der Waals surface area contributed by atoms with Gasteiger partial charge in [-0.05, 0) is 48.6 Å². The first-order valence-corrected chi connectivity index (χ1v) is 7.38. The van der Waals surface area contributed by atoms with Crippen LogP contribution in [-0.2, 0) is 6.54 Å². The van der Waals surface area contributed by atoms with Crippen LogP contribution >= 0.6 is 0 Å². The molecule has 0 aliphatic rings. The van der Waals surface area contributed by atoms with Crippen molar-refractivity contribution in [2.45, 2.75) is 47.2 Å². The third kappa shape index (κ3) is 3.49. The molecule has 20 heavy (non-hydrogen) atoms. The standard InChI is InChI=1S/C19H25N/c1-13(2)20-12-17-8-9-18(16(5)11-17)19-10-14(3)6-7-15(19)4/h6-11,13,20H,12H2,1-5H3. The molecular formula is C19H25N. The average Bonchev–Trinajstić information content (AvgIpc) is 2.39. The second-order valence-corrected chi connectivity index (χ2v) is 6.00. The summed E-state index contributed by atoms with van der Waals surface area (Å²) in [6.07, 6.45) is 0. The number of aryl methyl sites for hydroxylation is 3. The van der Waals surface area contributed by atoms with E-state index in [0.717, 1.165) is 6.54 Å². The van der Waals surface area contributed by atoms with Crippen molar-refractivity contribution < 1.29 is 0 Å². The molecule has 0 spiro atoms. The maximum atomic E-state index is 3.47. The van der Waals surface area contributed by atoms with E-state index < -0.39 is 0 Å². The predicted molar refractivity (Wildman–Crippen MR) is 88.1 cm³/mol. The van der Waals surface area contributed by atoms with Gasteiger partial charge in [0.25, 0.3) is 0 Å². The Hall–Kier alpha value is -1.60. The molecule has 0 aliphatic heterocycles. The molecule has 106 valence electrons. The number of benzene rings is 2. The van der Waals surface area contributed by atoms with E-state index in [9.17, 15) is 0 Å². The van der Waals surface area contributed by atoms with Crippen LogP contribution in [0.5, 0.6) is 0 Å². The van der Waals surface area contributed by atoms with Gasteiger partial charge in [0.15, 0.2) is 0 Å². The van der Waals surface area contributed by atoms with E-state index in [-0.39, 0.29) is 0 Å². The second-order valence-electron chi connectivity index (χ2n) is 6.00. The highest BCUT2D eigenvalue weighted by Crippen LogP contribution is 2.28. The van der Waals surface area contributed by atoms with Gasteiger partial charge in [0.05, 0.1) is 0 Å². The van der Waals surface area contributed by atoms with Crippen molar-refractivity contribution in [1.82, 2.24) is 5.32 Å². The zero-order valence-corrected chi connectivity index (χ0v) is 13.2. The van der Waals surface area contributed by atoms with Crippen molar-refractivity contribution in [1.29, 1.82) is 0 Å². The first-order valence-electron chi connectivity index (χ1n) is 7.38. The minimum atomic E-state index is 0.522. The van der Waals surface area contributed by atoms with E-state index >= 15 is 0 Å². The molecule has 0 fully saturated rings. The molecule has 0 atom stereocenters. The van der Waals surface area contributed by atoms with Crippen LogP contribution in [0.25, 0.3) is 11.1 Å². The van der Waals surface area contributed by atoms with E-state index in [1.54, 1.807) is 0 Å². The molecule has 0 saturated heterocycles. The van der Waals surface area contributed by atoms with Gasteiger partial charge in [-0.2, -0.15) is 0 Å². The Balaban J connectivity index is 2.32. The molecule has 2 aromatic rings. The Bertz CT molecular complexity index is 597. The summed E-state index contributed by atoms with van der Waals surface area (Å²) < 4.78 is 0. The maximum absolute atomic E-state index is 3.47. The van der Waals surface area contributed by atoms with Crippen LogP contribution in [0.3, 0.4) is 0 Å². The van der Waals surface area contributed by atoms with Crippen LogP contribution in [0.4, 0.5) is 0 Å². The Labute approximate surface area is 123 Å². The minimum absolute atomic E-state index is 0.522. The zero-order valence-electron chi connectivity index (χ0n) is 13.2. The van der Waals surface area contributed by atoms with Gasteiger partial charge in [-0.1, -0.05) is 55.8 Å². The topological polar surface area (TPSA) is 12.0 Å². The highest BCUT2D eigenvalue weighted by molar-refractivity contribution is 5.71. The number of rotatable bonds is 4. The largest absolute Gasteiger partial charge is 0.310 e. The van der Waals surface area contributed by atoms with Crippen LogP contribution in [0.2, 0.25) is 0 Å². The fourth-order valence-electron chi connectivity index (χ4n) is 2.49. The van der Waals surface area contributed by atoms with Gasteiger partial charge in [0.2, 0.25) is 0 Å². The monoisotopic (exact) mass is 267 g/mol. The van der Waals surface area contributed by atoms with E-state index in [2.05, 4.69) is 76.3 Å². The molecule has 0 heterocycles. The van der Waals surface area contributed by atoms with E-state index in [4.69, 9.17) is 0 Å². The van der Waals surface area contributed by atoms with Crippen LogP contribution in [0, 0.1) is 20.8 Å². The molecule has 0 amide bonds. The van der Waals surface area contributed by atoms with Gasteiger partial charge in [0.1, 0.15) is 0 Å². The number of nitrogens with one attached hydrogen (secondary N) is 1. The normalized spacial score (nSPS) is 11.1. The van der Waals surface area contributed by atoms with Gasteiger partial charge in [0, 0.05) is 12.6 Å². The van der Waals surface area contributed by atoms with Crippen molar-refractivity contribution in [2.24, 2.45) is 0 Å². The van der Waals surface area contributed by atoms with Gasteiger partial charge in [-0.25, -0.2) is 0 Å². The Kier molecular flexibility index (Phi) is 4.61. The molecule has 0 saturated carbocycles. The summed E-state index contributed by atoms with van der Waals surface area (Å²) in [5.74, 6) is 0. The Morgan fingerprint density at radius 2 is 1.60 bits per heavy atom. The molecule has 0 bridgehead atoms. The summed E-state index contributed by atoms with van der Waals surface area (Å²) in [5, 5.41) is 3.47. The Morgan fingerprint density at radius 3 is 2.25 bits per heavy atom. The fraction of sp³-hybridized carbons (Fsp3) is 0.368. The van der Waals surface area contributed by atoms with Crippen molar-refractivity contribution in [3.63, 3.8) is 0 Å². The SMILES string of the molecule is Cc1ccc(C)c(-c2ccc(CNC(C)C)cc2C)c1. The molecule has 0 unspecified atom stereocenters. The van der Waals surface area contributed by atoms with Gasteiger partial charge in [-0.3, -0.25) is 0 Å². The van der Waals surface area contributed by atoms with Crippen molar-refractivity contribution in [3.8, 4) is 11.1 Å². The van der Waals surface area contributed by atoms with Crippen molar-refractivity contribution in [2.75, 3.05) is 0 Å². The molecular weight excluding hydrogens is 242 g/mol. The first-order chi connectivity index (χ1) is 9.47. The van der Waals surface area contributed by atoms with E-state index in [1.807, 2.05) is 0 Å². The number of hydrogen-bond donors (Lipinski definition) is 1. The van der Waals surface area contributed by atoms with Gasteiger partial charge >= 0.3 is 0 Å². The molecule has 0 aliphatic carbocycles. The molecule has 1 heteroatoms.